The first-order valence-corrected chi connectivity index (χ1v) is 11.1. The van der Waals surface area contributed by atoms with Gasteiger partial charge in [-0.3, -0.25) is 9.78 Å². The van der Waals surface area contributed by atoms with Crippen molar-refractivity contribution in [2.45, 2.75) is 57.4 Å². The number of likely N-dealkylation sites (tertiary alicyclic amines) is 1. The van der Waals surface area contributed by atoms with Gasteiger partial charge in [-0.05, 0) is 69.2 Å². The molecule has 6 nitrogen and oxygen atoms in total. The molecule has 4 rings (SSSR count). The molecule has 6 heteroatoms. The number of nitrogens with one attached hydrogen (secondary N) is 1. The normalized spacial score (nSPS) is 21.3. The molecule has 156 valence electrons. The number of carbonyl (C=O) groups excluding carboxylic acids is 1. The van der Waals surface area contributed by atoms with Crippen molar-refractivity contribution in [1.29, 1.82) is 0 Å². The van der Waals surface area contributed by atoms with Crippen LogP contribution < -0.4 is 5.32 Å². The Morgan fingerprint density at radius 2 is 2.14 bits per heavy atom. The summed E-state index contributed by atoms with van der Waals surface area (Å²) in [5, 5.41) is 4.13. The van der Waals surface area contributed by atoms with Gasteiger partial charge < -0.3 is 15.0 Å². The number of hydrogen-bond donors (Lipinski definition) is 1. The van der Waals surface area contributed by atoms with Crippen LogP contribution in [0.15, 0.2) is 24.5 Å². The quantitative estimate of drug-likeness (QED) is 0.757. The third-order valence-electron chi connectivity index (χ3n) is 6.38. The fourth-order valence-electron chi connectivity index (χ4n) is 4.62. The molecule has 0 aliphatic carbocycles. The first-order valence-electron chi connectivity index (χ1n) is 11.1. The van der Waals surface area contributed by atoms with Gasteiger partial charge in [-0.1, -0.05) is 6.42 Å². The molecule has 0 bridgehead atoms. The first-order chi connectivity index (χ1) is 14.2. The van der Waals surface area contributed by atoms with E-state index in [4.69, 9.17) is 4.74 Å². The van der Waals surface area contributed by atoms with Gasteiger partial charge >= 0.3 is 0 Å². The van der Waals surface area contributed by atoms with Crippen LogP contribution in [0, 0.1) is 0 Å². The number of hydrogen-bond acceptors (Lipinski definition) is 5. The van der Waals surface area contributed by atoms with Gasteiger partial charge in [0.25, 0.3) is 5.91 Å². The van der Waals surface area contributed by atoms with Crippen LogP contribution in [0.1, 0.15) is 67.4 Å². The van der Waals surface area contributed by atoms with Gasteiger partial charge in [0.2, 0.25) is 0 Å². The maximum absolute atomic E-state index is 12.8. The summed E-state index contributed by atoms with van der Waals surface area (Å²) in [6, 6.07) is 4.53. The molecule has 0 radical (unpaired) electrons. The highest BCUT2D eigenvalue weighted by atomic mass is 16.5. The van der Waals surface area contributed by atoms with Crippen molar-refractivity contribution in [2.24, 2.45) is 0 Å². The highest BCUT2D eigenvalue weighted by Gasteiger charge is 2.21. The lowest BCUT2D eigenvalue weighted by Crippen LogP contribution is -2.39. The first kappa shape index (κ1) is 20.2. The Balaban J connectivity index is 1.41. The zero-order chi connectivity index (χ0) is 20.1. The largest absolute Gasteiger partial charge is 0.381 e. The Bertz CT molecular complexity index is 835. The Hall–Kier alpha value is -2.05. The minimum Gasteiger partial charge on any atom is -0.381 e. The molecule has 1 atom stereocenters. The van der Waals surface area contributed by atoms with Crippen LogP contribution in [0.2, 0.25) is 0 Å². The number of amides is 1. The van der Waals surface area contributed by atoms with Crippen LogP contribution in [-0.4, -0.2) is 59.7 Å². The molecule has 2 fully saturated rings. The maximum Gasteiger partial charge on any atom is 0.269 e. The minimum atomic E-state index is -0.0799. The van der Waals surface area contributed by atoms with Crippen LogP contribution in [0.25, 0.3) is 10.9 Å². The topological polar surface area (TPSA) is 67.4 Å². The molecule has 1 unspecified atom stereocenters. The fraction of sp³-hybridized carbons (Fsp3) is 0.609. The summed E-state index contributed by atoms with van der Waals surface area (Å²) in [7, 11) is 0. The molecule has 2 aromatic rings. The van der Waals surface area contributed by atoms with Gasteiger partial charge in [0.15, 0.2) is 0 Å². The fourth-order valence-corrected chi connectivity index (χ4v) is 4.62. The molecule has 0 spiro atoms. The lowest BCUT2D eigenvalue weighted by atomic mass is 9.89. The molecule has 0 aromatic carbocycles. The smallest absolute Gasteiger partial charge is 0.269 e. The number of rotatable bonds is 6. The highest BCUT2D eigenvalue weighted by molar-refractivity contribution is 5.95. The zero-order valence-corrected chi connectivity index (χ0v) is 17.4. The van der Waals surface area contributed by atoms with Crippen LogP contribution in [0.5, 0.6) is 0 Å². The third-order valence-corrected chi connectivity index (χ3v) is 6.38. The molecule has 2 aromatic heterocycles. The number of pyridine rings is 2. The maximum atomic E-state index is 12.8. The van der Waals surface area contributed by atoms with E-state index in [0.717, 1.165) is 49.9 Å². The second-order valence-electron chi connectivity index (χ2n) is 8.37. The van der Waals surface area contributed by atoms with Crippen LogP contribution in [-0.2, 0) is 4.74 Å². The van der Waals surface area contributed by atoms with Gasteiger partial charge in [0, 0.05) is 50.1 Å². The van der Waals surface area contributed by atoms with Crippen molar-refractivity contribution in [3.63, 3.8) is 0 Å². The van der Waals surface area contributed by atoms with Crippen molar-refractivity contribution in [3.8, 4) is 0 Å². The molecule has 0 saturated carbocycles. The number of carbonyl (C=O) groups is 1. The summed E-state index contributed by atoms with van der Waals surface area (Å²) in [4.78, 5) is 24.2. The van der Waals surface area contributed by atoms with E-state index in [-0.39, 0.29) is 5.91 Å². The van der Waals surface area contributed by atoms with Gasteiger partial charge in [-0.25, -0.2) is 4.98 Å². The average Bonchev–Trinajstić information content (AvgIpc) is 2.77. The van der Waals surface area contributed by atoms with Crippen LogP contribution in [0.3, 0.4) is 0 Å². The van der Waals surface area contributed by atoms with E-state index in [0.29, 0.717) is 24.2 Å². The monoisotopic (exact) mass is 396 g/mol. The predicted octanol–water partition coefficient (Wildman–Crippen LogP) is 3.52. The molecule has 29 heavy (non-hydrogen) atoms. The van der Waals surface area contributed by atoms with Crippen LogP contribution in [0.4, 0.5) is 0 Å². The Labute approximate surface area is 173 Å². The molecule has 1 N–H and O–H groups in total. The van der Waals surface area contributed by atoms with Crippen molar-refractivity contribution in [3.05, 3.63) is 35.8 Å². The Morgan fingerprint density at radius 3 is 2.97 bits per heavy atom. The van der Waals surface area contributed by atoms with Crippen molar-refractivity contribution in [2.75, 3.05) is 32.8 Å². The van der Waals surface area contributed by atoms with Gasteiger partial charge in [-0.2, -0.15) is 0 Å². The Kier molecular flexibility index (Phi) is 6.72. The number of aromatic nitrogens is 2. The summed E-state index contributed by atoms with van der Waals surface area (Å²) >= 11 is 0. The van der Waals surface area contributed by atoms with Crippen molar-refractivity contribution >= 4 is 16.8 Å². The molecule has 2 aliphatic rings. The number of nitrogens with zero attached hydrogens (tertiary/aromatic N) is 3. The van der Waals surface area contributed by atoms with Gasteiger partial charge in [0.05, 0.1) is 5.52 Å². The average molecular weight is 397 g/mol. The molecule has 4 heterocycles. The van der Waals surface area contributed by atoms with Crippen molar-refractivity contribution < 1.29 is 9.53 Å². The van der Waals surface area contributed by atoms with E-state index in [2.05, 4.69) is 27.1 Å². The molecule has 2 aliphatic heterocycles. The summed E-state index contributed by atoms with van der Waals surface area (Å²) < 4.78 is 5.52. The SMILES string of the molecule is CC1CCCCN1CCCNC(=O)c1cc(C2CCOCC2)c2cnccc2n1. The lowest BCUT2D eigenvalue weighted by molar-refractivity contribution is 0.0855. The number of piperidine rings is 1. The van der Waals surface area contributed by atoms with E-state index in [1.54, 1.807) is 6.20 Å². The number of ether oxygens (including phenoxy) is 1. The van der Waals surface area contributed by atoms with Gasteiger partial charge in [0.1, 0.15) is 5.69 Å². The zero-order valence-electron chi connectivity index (χ0n) is 17.4. The summed E-state index contributed by atoms with van der Waals surface area (Å²) in [6.07, 6.45) is 10.5. The van der Waals surface area contributed by atoms with E-state index in [9.17, 15) is 4.79 Å². The minimum absolute atomic E-state index is 0.0799. The second-order valence-corrected chi connectivity index (χ2v) is 8.37. The molecular weight excluding hydrogens is 364 g/mol. The standard InChI is InChI=1S/C23H32N4O2/c1-17-5-2-3-11-27(17)12-4-9-25-23(28)22-15-19(18-7-13-29-14-8-18)20-16-24-10-6-21(20)26-22/h6,10,15-18H,2-5,7-9,11-14H2,1H3,(H,25,28). The Morgan fingerprint density at radius 1 is 1.28 bits per heavy atom. The summed E-state index contributed by atoms with van der Waals surface area (Å²) in [6.45, 7) is 6.76. The van der Waals surface area contributed by atoms with Crippen LogP contribution >= 0.6 is 0 Å². The predicted molar refractivity (Wildman–Crippen MR) is 114 cm³/mol. The van der Waals surface area contributed by atoms with Crippen molar-refractivity contribution in [1.82, 2.24) is 20.2 Å². The molecule has 2 saturated heterocycles. The highest BCUT2D eigenvalue weighted by Crippen LogP contribution is 2.32. The lowest BCUT2D eigenvalue weighted by Gasteiger charge is -2.33. The third kappa shape index (κ3) is 4.93. The molecular formula is C23H32N4O2. The number of fused-ring (bicyclic) bond motifs is 1. The second kappa shape index (κ2) is 9.63. The van der Waals surface area contributed by atoms with Gasteiger partial charge in [-0.15, -0.1) is 0 Å². The molecule has 1 amide bonds. The van der Waals surface area contributed by atoms with E-state index in [1.807, 2.05) is 18.3 Å². The van der Waals surface area contributed by atoms with E-state index < -0.39 is 0 Å². The van der Waals surface area contributed by atoms with E-state index in [1.165, 1.54) is 31.4 Å². The summed E-state index contributed by atoms with van der Waals surface area (Å²) in [5.74, 6) is 0.314. The van der Waals surface area contributed by atoms with E-state index >= 15 is 0 Å². The summed E-state index contributed by atoms with van der Waals surface area (Å²) in [5.41, 5.74) is 2.53.